The number of halogens is 4. The highest BCUT2D eigenvalue weighted by atomic mass is 79.9. The second-order valence-corrected chi connectivity index (χ2v) is 4.22. The first-order valence-electron chi connectivity index (χ1n) is 3.99. The van der Waals surface area contributed by atoms with Gasteiger partial charge in [-0.15, -0.1) is 0 Å². The zero-order valence-corrected chi connectivity index (χ0v) is 10.8. The minimum Gasteiger partial charge on any atom is -0.462 e. The minimum absolute atomic E-state index is 0.0531. The smallest absolute Gasteiger partial charge is 0.339 e. The van der Waals surface area contributed by atoms with Crippen LogP contribution in [-0.4, -0.2) is 12.6 Å². The highest BCUT2D eigenvalue weighted by molar-refractivity contribution is 9.11. The van der Waals surface area contributed by atoms with E-state index in [-0.39, 0.29) is 21.1 Å². The fraction of sp³-hybridized carbons (Fsp3) is 0.222. The average Bonchev–Trinajstić information content (AvgIpc) is 2.20. The van der Waals surface area contributed by atoms with Crippen LogP contribution in [0.15, 0.2) is 15.0 Å². The van der Waals surface area contributed by atoms with Gasteiger partial charge in [-0.3, -0.25) is 0 Å². The number of benzene rings is 1. The van der Waals surface area contributed by atoms with Crippen molar-refractivity contribution in [3.63, 3.8) is 0 Å². The van der Waals surface area contributed by atoms with Crippen molar-refractivity contribution >= 4 is 37.8 Å². The number of hydrogen-bond donors (Lipinski definition) is 0. The van der Waals surface area contributed by atoms with Gasteiger partial charge in [0.25, 0.3) is 0 Å². The van der Waals surface area contributed by atoms with E-state index in [1.807, 2.05) is 0 Å². The third-order valence-electron chi connectivity index (χ3n) is 1.60. The highest BCUT2D eigenvalue weighted by Crippen LogP contribution is 2.29. The summed E-state index contributed by atoms with van der Waals surface area (Å²) in [4.78, 5) is 11.3. The summed E-state index contributed by atoms with van der Waals surface area (Å²) in [6, 6.07) is 1.17. The van der Waals surface area contributed by atoms with Gasteiger partial charge >= 0.3 is 5.97 Å². The molecule has 0 saturated heterocycles. The lowest BCUT2D eigenvalue weighted by molar-refractivity contribution is 0.0524. The van der Waals surface area contributed by atoms with E-state index in [9.17, 15) is 13.6 Å². The molecule has 1 aromatic rings. The first kappa shape index (κ1) is 12.6. The zero-order valence-electron chi connectivity index (χ0n) is 7.61. The third-order valence-corrected chi connectivity index (χ3v) is 2.95. The van der Waals surface area contributed by atoms with Crippen LogP contribution in [0.3, 0.4) is 0 Å². The summed E-state index contributed by atoms with van der Waals surface area (Å²) in [5, 5.41) is 0. The Bertz CT molecular complexity index is 408. The summed E-state index contributed by atoms with van der Waals surface area (Å²) in [7, 11) is 0. The Morgan fingerprint density at radius 1 is 1.40 bits per heavy atom. The number of ether oxygens (including phenoxy) is 1. The summed E-state index contributed by atoms with van der Waals surface area (Å²) < 4.78 is 30.5. The highest BCUT2D eigenvalue weighted by Gasteiger charge is 2.20. The Morgan fingerprint density at radius 3 is 2.53 bits per heavy atom. The van der Waals surface area contributed by atoms with E-state index in [0.717, 1.165) is 0 Å². The largest absolute Gasteiger partial charge is 0.462 e. The normalized spacial score (nSPS) is 10.2. The van der Waals surface area contributed by atoms with E-state index in [1.54, 1.807) is 6.92 Å². The Kier molecular flexibility index (Phi) is 4.21. The van der Waals surface area contributed by atoms with Gasteiger partial charge in [-0.25, -0.2) is 13.6 Å². The molecule has 2 nitrogen and oxygen atoms in total. The van der Waals surface area contributed by atoms with Gasteiger partial charge in [0.15, 0.2) is 11.6 Å². The molecule has 15 heavy (non-hydrogen) atoms. The molecule has 0 aromatic heterocycles. The standard InChI is InChI=1S/C9H6Br2F2O2/c1-2-15-9(14)4-3-5(10)7(12)8(13)6(4)11/h3H,2H2,1H3. The molecule has 1 aromatic carbocycles. The molecule has 0 unspecified atom stereocenters. The molecule has 0 N–H and O–H groups in total. The van der Waals surface area contributed by atoms with Crippen LogP contribution in [0.1, 0.15) is 17.3 Å². The van der Waals surface area contributed by atoms with Crippen LogP contribution >= 0.6 is 31.9 Å². The van der Waals surface area contributed by atoms with Crippen molar-refractivity contribution in [2.75, 3.05) is 6.61 Å². The lowest BCUT2D eigenvalue weighted by Gasteiger charge is -2.06. The van der Waals surface area contributed by atoms with Crippen molar-refractivity contribution in [3.05, 3.63) is 32.2 Å². The van der Waals surface area contributed by atoms with Gasteiger partial charge in [0.1, 0.15) is 0 Å². The molecular weight excluding hydrogens is 338 g/mol. The Morgan fingerprint density at radius 2 is 2.00 bits per heavy atom. The summed E-state index contributed by atoms with van der Waals surface area (Å²) in [6.07, 6.45) is 0. The van der Waals surface area contributed by atoms with Gasteiger partial charge in [-0.1, -0.05) is 0 Å². The molecule has 0 saturated carbocycles. The Hall–Kier alpha value is -0.490. The Labute approximate surface area is 102 Å². The maximum absolute atomic E-state index is 13.2. The summed E-state index contributed by atoms with van der Waals surface area (Å²) in [6.45, 7) is 1.79. The number of carbonyl (C=O) groups is 1. The molecule has 0 aliphatic carbocycles. The zero-order chi connectivity index (χ0) is 11.6. The molecule has 0 bridgehead atoms. The van der Waals surface area contributed by atoms with Crippen LogP contribution in [0.2, 0.25) is 0 Å². The van der Waals surface area contributed by atoms with E-state index in [0.29, 0.717) is 0 Å². The van der Waals surface area contributed by atoms with Gasteiger partial charge in [0.05, 0.1) is 21.1 Å². The van der Waals surface area contributed by atoms with Gasteiger partial charge in [0.2, 0.25) is 0 Å². The molecule has 0 fully saturated rings. The van der Waals surface area contributed by atoms with Crippen LogP contribution in [0.5, 0.6) is 0 Å². The number of hydrogen-bond acceptors (Lipinski definition) is 2. The second-order valence-electron chi connectivity index (χ2n) is 2.57. The van der Waals surface area contributed by atoms with Crippen molar-refractivity contribution < 1.29 is 18.3 Å². The summed E-state index contributed by atoms with van der Waals surface area (Å²) in [5.41, 5.74) is -0.0531. The molecular formula is C9H6Br2F2O2. The number of rotatable bonds is 2. The third kappa shape index (κ3) is 2.55. The molecule has 0 spiro atoms. The molecule has 82 valence electrons. The van der Waals surface area contributed by atoms with Gasteiger partial charge in [0, 0.05) is 0 Å². The van der Waals surface area contributed by atoms with E-state index in [4.69, 9.17) is 0 Å². The van der Waals surface area contributed by atoms with E-state index in [2.05, 4.69) is 36.6 Å². The average molecular weight is 344 g/mol. The van der Waals surface area contributed by atoms with Crippen molar-refractivity contribution in [2.45, 2.75) is 6.92 Å². The Balaban J connectivity index is 3.26. The fourth-order valence-electron chi connectivity index (χ4n) is 0.930. The maximum Gasteiger partial charge on any atom is 0.339 e. The van der Waals surface area contributed by atoms with E-state index < -0.39 is 17.6 Å². The molecule has 0 radical (unpaired) electrons. The molecule has 0 aliphatic heterocycles. The molecule has 0 heterocycles. The molecule has 0 atom stereocenters. The first-order valence-corrected chi connectivity index (χ1v) is 5.57. The lowest BCUT2D eigenvalue weighted by Crippen LogP contribution is -2.07. The molecule has 1 rings (SSSR count). The van der Waals surface area contributed by atoms with E-state index in [1.165, 1.54) is 6.07 Å². The van der Waals surface area contributed by atoms with Crippen LogP contribution in [0, 0.1) is 11.6 Å². The van der Waals surface area contributed by atoms with Crippen molar-refractivity contribution in [1.29, 1.82) is 0 Å². The topological polar surface area (TPSA) is 26.3 Å². The van der Waals surface area contributed by atoms with Crippen molar-refractivity contribution in [3.8, 4) is 0 Å². The first-order chi connectivity index (χ1) is 6.99. The van der Waals surface area contributed by atoms with Gasteiger partial charge in [-0.05, 0) is 44.8 Å². The SMILES string of the molecule is CCOC(=O)c1cc(Br)c(F)c(F)c1Br. The fourth-order valence-corrected chi connectivity index (χ4v) is 1.78. The summed E-state index contributed by atoms with van der Waals surface area (Å²) >= 11 is 5.61. The summed E-state index contributed by atoms with van der Waals surface area (Å²) in [5.74, 6) is -2.87. The predicted octanol–water partition coefficient (Wildman–Crippen LogP) is 3.67. The molecule has 0 aliphatic rings. The molecule has 6 heteroatoms. The molecule has 0 amide bonds. The number of esters is 1. The van der Waals surface area contributed by atoms with Gasteiger partial charge < -0.3 is 4.74 Å². The predicted molar refractivity (Wildman–Crippen MR) is 57.7 cm³/mol. The lowest BCUT2D eigenvalue weighted by atomic mass is 10.2. The monoisotopic (exact) mass is 342 g/mol. The minimum atomic E-state index is -1.12. The number of carbonyl (C=O) groups excluding carboxylic acids is 1. The van der Waals surface area contributed by atoms with Crippen LogP contribution in [-0.2, 0) is 4.74 Å². The van der Waals surface area contributed by atoms with Gasteiger partial charge in [-0.2, -0.15) is 0 Å². The van der Waals surface area contributed by atoms with Crippen LogP contribution < -0.4 is 0 Å². The second kappa shape index (κ2) is 5.03. The van der Waals surface area contributed by atoms with Crippen LogP contribution in [0.4, 0.5) is 8.78 Å². The maximum atomic E-state index is 13.2. The van der Waals surface area contributed by atoms with E-state index >= 15 is 0 Å². The van der Waals surface area contributed by atoms with Crippen LogP contribution in [0.25, 0.3) is 0 Å². The van der Waals surface area contributed by atoms with Crippen molar-refractivity contribution in [1.82, 2.24) is 0 Å². The quantitative estimate of drug-likeness (QED) is 0.465. The van der Waals surface area contributed by atoms with Crippen molar-refractivity contribution in [2.24, 2.45) is 0 Å².